The average molecular weight is 1220 g/mol. The molecule has 0 saturated carbocycles. The third-order valence-corrected chi connectivity index (χ3v) is 16.3. The minimum atomic E-state index is -1.70. The molecular weight excluding hydrogens is 1140 g/mol. The van der Waals surface area contributed by atoms with E-state index in [1.165, 1.54) is 0 Å². The van der Waals surface area contributed by atoms with Crippen molar-refractivity contribution in [1.82, 2.24) is 0 Å². The summed E-state index contributed by atoms with van der Waals surface area (Å²) in [5.74, 6) is 5.51. The van der Waals surface area contributed by atoms with E-state index < -0.39 is 34.4 Å². The summed E-state index contributed by atoms with van der Waals surface area (Å²) in [6.07, 6.45) is 0.747. The SMILES string of the molecule is Cc1ccc(OP(OCCC(C)OP(Oc2ccc(C)cc2)Oc2ccc(C)cc2)Oc2ccc(C)cc2)cc1.Cc1ccc(OP(OCCC(C)OP(Oc2ccc(C)cc2)Oc2ccc(C)cc2)Oc2ccc(C)cc2)cc1.[Ni]. The van der Waals surface area contributed by atoms with Crippen LogP contribution in [0.2, 0.25) is 0 Å². The molecule has 8 aromatic carbocycles. The molecule has 430 valence electrons. The Morgan fingerprint density at radius 2 is 0.395 bits per heavy atom. The van der Waals surface area contributed by atoms with Crippen LogP contribution < -0.4 is 36.2 Å². The topological polar surface area (TPSA) is 111 Å². The van der Waals surface area contributed by atoms with Gasteiger partial charge >= 0.3 is 34.4 Å². The van der Waals surface area contributed by atoms with Crippen molar-refractivity contribution < 1.29 is 70.8 Å². The van der Waals surface area contributed by atoms with Crippen molar-refractivity contribution in [2.24, 2.45) is 0 Å². The van der Waals surface area contributed by atoms with Crippen LogP contribution in [-0.4, -0.2) is 25.4 Å². The van der Waals surface area contributed by atoms with Crippen LogP contribution >= 0.6 is 34.4 Å². The normalized spacial score (nSPS) is 11.7. The molecule has 0 aliphatic carbocycles. The van der Waals surface area contributed by atoms with Crippen LogP contribution in [0, 0.1) is 55.4 Å². The number of hydrogen-bond acceptors (Lipinski definition) is 12. The van der Waals surface area contributed by atoms with Crippen LogP contribution in [0.25, 0.3) is 0 Å². The molecule has 0 radical (unpaired) electrons. The maximum atomic E-state index is 6.23. The van der Waals surface area contributed by atoms with E-state index in [9.17, 15) is 0 Å². The third kappa shape index (κ3) is 24.3. The van der Waals surface area contributed by atoms with Crippen molar-refractivity contribution in [1.29, 1.82) is 0 Å². The van der Waals surface area contributed by atoms with Crippen LogP contribution in [-0.2, 0) is 34.6 Å². The second kappa shape index (κ2) is 34.0. The minimum absolute atomic E-state index is 0. The molecule has 0 N–H and O–H groups in total. The van der Waals surface area contributed by atoms with Gasteiger partial charge in [0.1, 0.15) is 46.0 Å². The number of aryl methyl sites for hydroxylation is 8. The van der Waals surface area contributed by atoms with E-state index >= 15 is 0 Å². The molecule has 2 atom stereocenters. The van der Waals surface area contributed by atoms with E-state index in [-0.39, 0.29) is 28.7 Å². The Labute approximate surface area is 494 Å². The summed E-state index contributed by atoms with van der Waals surface area (Å²) in [6, 6.07) is 62.6. The molecule has 8 aromatic rings. The zero-order valence-corrected chi connectivity index (χ0v) is 52.0. The van der Waals surface area contributed by atoms with Gasteiger partial charge < -0.3 is 36.2 Å². The Hall–Kier alpha value is -5.79. The Morgan fingerprint density at radius 3 is 0.556 bits per heavy atom. The van der Waals surface area contributed by atoms with E-state index in [0.29, 0.717) is 72.1 Å². The fraction of sp³-hybridized carbons (Fsp3) is 0.250. The Balaban J connectivity index is 0.000000258. The zero-order valence-electron chi connectivity index (χ0n) is 47.5. The largest absolute Gasteiger partial charge is 0.463 e. The zero-order chi connectivity index (χ0) is 56.6. The predicted molar refractivity (Wildman–Crippen MR) is 324 cm³/mol. The molecular formula is C64H72NiO12P4. The summed E-state index contributed by atoms with van der Waals surface area (Å²) >= 11 is 0. The van der Waals surface area contributed by atoms with Crippen LogP contribution in [0.5, 0.6) is 46.0 Å². The monoisotopic (exact) mass is 1210 g/mol. The van der Waals surface area contributed by atoms with Crippen molar-refractivity contribution in [3.05, 3.63) is 239 Å². The molecule has 0 saturated heterocycles. The van der Waals surface area contributed by atoms with Crippen molar-refractivity contribution in [3.8, 4) is 46.0 Å². The number of hydrogen-bond donors (Lipinski definition) is 0. The Morgan fingerprint density at radius 1 is 0.247 bits per heavy atom. The predicted octanol–water partition coefficient (Wildman–Crippen LogP) is 19.6. The van der Waals surface area contributed by atoms with Crippen LogP contribution in [0.1, 0.15) is 71.2 Å². The summed E-state index contributed by atoms with van der Waals surface area (Å²) in [4.78, 5) is 0. The van der Waals surface area contributed by atoms with Crippen molar-refractivity contribution in [3.63, 3.8) is 0 Å². The van der Waals surface area contributed by atoms with E-state index in [0.717, 1.165) is 44.5 Å². The minimum Gasteiger partial charge on any atom is -0.418 e. The van der Waals surface area contributed by atoms with Gasteiger partial charge in [0.05, 0.1) is 25.4 Å². The first kappa shape index (κ1) is 64.4. The summed E-state index contributed by atoms with van der Waals surface area (Å²) < 4.78 is 73.4. The standard InChI is InChI=1S/2C32H36O6P2.Ni/c2*1-24-6-14-29(15-7-24)35-39(36-30-16-8-25(2)9-17-30)33-23-22-28(5)34-40(37-31-18-10-26(3)11-19-31)38-32-20-12-27(4)13-21-32;/h2*6-21,28H,22-23H2,1-5H3;. The smallest absolute Gasteiger partial charge is 0.418 e. The van der Waals surface area contributed by atoms with E-state index in [4.69, 9.17) is 54.3 Å². The van der Waals surface area contributed by atoms with Gasteiger partial charge in [-0.15, -0.1) is 0 Å². The van der Waals surface area contributed by atoms with Gasteiger partial charge in [0.25, 0.3) is 0 Å². The molecule has 2 unspecified atom stereocenters. The molecule has 0 amide bonds. The molecule has 0 aliphatic rings. The molecule has 12 nitrogen and oxygen atoms in total. The molecule has 0 bridgehead atoms. The first-order valence-electron chi connectivity index (χ1n) is 26.4. The summed E-state index contributed by atoms with van der Waals surface area (Å²) in [7, 11) is -6.77. The Bertz CT molecular complexity index is 2620. The maximum absolute atomic E-state index is 6.23. The molecule has 0 fully saturated rings. The van der Waals surface area contributed by atoms with Gasteiger partial charge in [-0.05, 0) is 179 Å². The van der Waals surface area contributed by atoms with E-state index in [1.807, 2.05) is 263 Å². The molecule has 0 aliphatic heterocycles. The second-order valence-corrected chi connectivity index (χ2v) is 23.4. The fourth-order valence-electron chi connectivity index (χ4n) is 6.73. The molecule has 8 rings (SSSR count). The summed E-state index contributed by atoms with van der Waals surface area (Å²) in [6.45, 7) is 21.0. The van der Waals surface area contributed by atoms with Gasteiger partial charge in [-0.3, -0.25) is 18.1 Å². The first-order chi connectivity index (χ1) is 38.6. The van der Waals surface area contributed by atoms with Crippen LogP contribution in [0.15, 0.2) is 194 Å². The molecule has 81 heavy (non-hydrogen) atoms. The maximum Gasteiger partial charge on any atom is 0.463 e. The molecule has 0 aromatic heterocycles. The van der Waals surface area contributed by atoms with Crippen LogP contribution in [0.3, 0.4) is 0 Å². The first-order valence-corrected chi connectivity index (χ1v) is 30.8. The fourth-order valence-corrected chi connectivity index (χ4v) is 10.9. The third-order valence-electron chi connectivity index (χ3n) is 11.6. The van der Waals surface area contributed by atoms with Gasteiger partial charge in [-0.25, -0.2) is 0 Å². The summed E-state index contributed by atoms with van der Waals surface area (Å²) in [5.41, 5.74) is 9.22. The van der Waals surface area contributed by atoms with E-state index in [2.05, 4.69) is 0 Å². The van der Waals surface area contributed by atoms with Crippen molar-refractivity contribution >= 4 is 34.4 Å². The van der Waals surface area contributed by atoms with Gasteiger partial charge in [0, 0.05) is 16.5 Å². The quantitative estimate of drug-likeness (QED) is 0.0344. The number of benzene rings is 8. The van der Waals surface area contributed by atoms with Crippen molar-refractivity contribution in [2.75, 3.05) is 13.2 Å². The number of rotatable bonds is 28. The van der Waals surface area contributed by atoms with Gasteiger partial charge in [0.15, 0.2) is 0 Å². The summed E-state index contributed by atoms with van der Waals surface area (Å²) in [5, 5.41) is 0. The molecule has 0 heterocycles. The van der Waals surface area contributed by atoms with Crippen LogP contribution in [0.4, 0.5) is 0 Å². The Kier molecular flexibility index (Phi) is 27.0. The van der Waals surface area contributed by atoms with Gasteiger partial charge in [-0.1, -0.05) is 142 Å². The van der Waals surface area contributed by atoms with E-state index in [1.54, 1.807) is 0 Å². The van der Waals surface area contributed by atoms with Crippen molar-refractivity contribution in [2.45, 2.75) is 94.3 Å². The molecule has 17 heteroatoms. The molecule has 0 spiro atoms. The average Bonchev–Trinajstić information content (AvgIpc) is 3.44. The second-order valence-electron chi connectivity index (χ2n) is 19.2. The van der Waals surface area contributed by atoms with Gasteiger partial charge in [0.2, 0.25) is 0 Å². The van der Waals surface area contributed by atoms with Gasteiger partial charge in [-0.2, -0.15) is 0 Å².